The molecule has 0 spiro atoms. The zero-order chi connectivity index (χ0) is 21.3. The Morgan fingerprint density at radius 1 is 1.13 bits per heavy atom. The van der Waals surface area contributed by atoms with Crippen LogP contribution < -0.4 is 4.74 Å². The van der Waals surface area contributed by atoms with Gasteiger partial charge in [0.05, 0.1) is 17.9 Å². The predicted molar refractivity (Wildman–Crippen MR) is 116 cm³/mol. The van der Waals surface area contributed by atoms with Gasteiger partial charge in [0, 0.05) is 22.2 Å². The maximum absolute atomic E-state index is 13.4. The minimum Gasteiger partial charge on any atom is -0.503 e. The van der Waals surface area contributed by atoms with E-state index < -0.39 is 17.4 Å². The van der Waals surface area contributed by atoms with Crippen LogP contribution in [0, 0.1) is 0 Å². The standard InChI is InChI=1S/C22H17ClN2O4S/c1-2-29-16-9-5-14(6-10-16)19(26)17-18(13-3-7-15(23)8-4-13)25(21(28)20(17)27)22-24-11-12-30-22/h3-12,27-28H,2H2,1H3. The van der Waals surface area contributed by atoms with Crippen LogP contribution >= 0.6 is 22.9 Å². The number of ketones is 1. The summed E-state index contributed by atoms with van der Waals surface area (Å²) in [6.45, 7) is 2.39. The molecule has 2 heterocycles. The van der Waals surface area contributed by atoms with Crippen molar-refractivity contribution in [3.05, 3.63) is 76.3 Å². The highest BCUT2D eigenvalue weighted by atomic mass is 35.5. The number of carbonyl (C=O) groups is 1. The number of halogens is 1. The first-order valence-electron chi connectivity index (χ1n) is 9.11. The van der Waals surface area contributed by atoms with Crippen molar-refractivity contribution in [1.82, 2.24) is 9.55 Å². The van der Waals surface area contributed by atoms with Gasteiger partial charge in [0.2, 0.25) is 5.88 Å². The third-order valence-electron chi connectivity index (χ3n) is 4.50. The van der Waals surface area contributed by atoms with E-state index in [1.807, 2.05) is 6.92 Å². The van der Waals surface area contributed by atoms with E-state index in [4.69, 9.17) is 16.3 Å². The van der Waals surface area contributed by atoms with Gasteiger partial charge in [-0.3, -0.25) is 9.36 Å². The number of aromatic hydroxyl groups is 2. The Bertz CT molecular complexity index is 1180. The predicted octanol–water partition coefficient (Wildman–Crippen LogP) is 5.30. The molecule has 2 aromatic heterocycles. The molecule has 0 unspecified atom stereocenters. The fraction of sp³-hybridized carbons (Fsp3) is 0.0909. The molecular formula is C22H17ClN2O4S. The number of ether oxygens (including phenoxy) is 1. The minimum atomic E-state index is -0.506. The van der Waals surface area contributed by atoms with Crippen molar-refractivity contribution >= 4 is 28.7 Å². The number of nitrogens with zero attached hydrogens (tertiary/aromatic N) is 2. The molecule has 0 aliphatic rings. The van der Waals surface area contributed by atoms with Crippen molar-refractivity contribution in [2.75, 3.05) is 6.61 Å². The molecule has 0 radical (unpaired) electrons. The average Bonchev–Trinajstić information content (AvgIpc) is 3.36. The number of rotatable bonds is 6. The Labute approximate surface area is 181 Å². The monoisotopic (exact) mass is 440 g/mol. The van der Waals surface area contributed by atoms with Crippen LogP contribution in [0.3, 0.4) is 0 Å². The fourth-order valence-corrected chi connectivity index (χ4v) is 3.94. The van der Waals surface area contributed by atoms with Gasteiger partial charge in [-0.15, -0.1) is 11.3 Å². The molecule has 152 valence electrons. The van der Waals surface area contributed by atoms with Crippen LogP contribution in [0.4, 0.5) is 0 Å². The first kappa shape index (κ1) is 20.0. The molecule has 4 aromatic rings. The molecule has 6 nitrogen and oxygen atoms in total. The summed E-state index contributed by atoms with van der Waals surface area (Å²) >= 11 is 7.29. The molecular weight excluding hydrogens is 424 g/mol. The molecule has 0 fully saturated rings. The molecule has 0 saturated heterocycles. The Hall–Kier alpha value is -3.29. The van der Waals surface area contributed by atoms with E-state index >= 15 is 0 Å². The van der Waals surface area contributed by atoms with E-state index in [-0.39, 0.29) is 5.56 Å². The third kappa shape index (κ3) is 3.53. The lowest BCUT2D eigenvalue weighted by molar-refractivity contribution is 0.103. The Kier molecular flexibility index (Phi) is 5.48. The minimum absolute atomic E-state index is 0.0193. The Morgan fingerprint density at radius 3 is 2.43 bits per heavy atom. The SMILES string of the molecule is CCOc1ccc(C(=O)c2c(O)c(O)n(-c3nccs3)c2-c2ccc(Cl)cc2)cc1. The van der Waals surface area contributed by atoms with Gasteiger partial charge in [-0.2, -0.15) is 0 Å². The number of carbonyl (C=O) groups excluding carboxylic acids is 1. The van der Waals surface area contributed by atoms with Crippen molar-refractivity contribution in [1.29, 1.82) is 0 Å². The van der Waals surface area contributed by atoms with Crippen LogP contribution in [0.15, 0.2) is 60.1 Å². The lowest BCUT2D eigenvalue weighted by atomic mass is 9.99. The summed E-state index contributed by atoms with van der Waals surface area (Å²) in [6, 6.07) is 13.4. The molecule has 0 amide bonds. The molecule has 30 heavy (non-hydrogen) atoms. The summed E-state index contributed by atoms with van der Waals surface area (Å²) < 4.78 is 6.79. The lowest BCUT2D eigenvalue weighted by Gasteiger charge is -2.10. The van der Waals surface area contributed by atoms with Crippen LogP contribution in [0.1, 0.15) is 22.8 Å². The van der Waals surface area contributed by atoms with Gasteiger partial charge in [-0.25, -0.2) is 4.98 Å². The number of benzene rings is 2. The van der Waals surface area contributed by atoms with E-state index in [1.54, 1.807) is 60.1 Å². The number of hydrogen-bond donors (Lipinski definition) is 2. The molecule has 4 rings (SSSR count). The molecule has 0 aliphatic carbocycles. The highest BCUT2D eigenvalue weighted by Crippen LogP contribution is 2.44. The summed E-state index contributed by atoms with van der Waals surface area (Å²) in [5, 5.41) is 24.1. The lowest BCUT2D eigenvalue weighted by Crippen LogP contribution is -2.05. The molecule has 8 heteroatoms. The fourth-order valence-electron chi connectivity index (χ4n) is 3.17. The van der Waals surface area contributed by atoms with E-state index in [2.05, 4.69) is 4.98 Å². The first-order chi connectivity index (χ1) is 14.5. The molecule has 2 N–H and O–H groups in total. The molecule has 0 aliphatic heterocycles. The van der Waals surface area contributed by atoms with Gasteiger partial charge in [0.1, 0.15) is 5.75 Å². The van der Waals surface area contributed by atoms with Gasteiger partial charge in [-0.1, -0.05) is 23.7 Å². The average molecular weight is 441 g/mol. The summed E-state index contributed by atoms with van der Waals surface area (Å²) in [7, 11) is 0. The van der Waals surface area contributed by atoms with Crippen molar-refractivity contribution in [2.24, 2.45) is 0 Å². The van der Waals surface area contributed by atoms with Crippen molar-refractivity contribution < 1.29 is 19.7 Å². The highest BCUT2D eigenvalue weighted by Gasteiger charge is 2.30. The number of aromatic nitrogens is 2. The maximum Gasteiger partial charge on any atom is 0.242 e. The Morgan fingerprint density at radius 2 is 1.83 bits per heavy atom. The molecule has 0 atom stereocenters. The van der Waals surface area contributed by atoms with E-state index in [0.29, 0.717) is 39.3 Å². The van der Waals surface area contributed by atoms with Crippen molar-refractivity contribution in [2.45, 2.75) is 6.92 Å². The van der Waals surface area contributed by atoms with Crippen LogP contribution in [-0.2, 0) is 0 Å². The van der Waals surface area contributed by atoms with Gasteiger partial charge in [0.15, 0.2) is 16.7 Å². The molecule has 0 saturated carbocycles. The highest BCUT2D eigenvalue weighted by molar-refractivity contribution is 7.12. The van der Waals surface area contributed by atoms with E-state index in [9.17, 15) is 15.0 Å². The maximum atomic E-state index is 13.4. The second kappa shape index (κ2) is 8.22. The summed E-state index contributed by atoms with van der Waals surface area (Å²) in [6.07, 6.45) is 1.58. The zero-order valence-electron chi connectivity index (χ0n) is 15.9. The number of thiazole rings is 1. The van der Waals surface area contributed by atoms with Gasteiger partial charge in [0.25, 0.3) is 0 Å². The second-order valence-electron chi connectivity index (χ2n) is 6.34. The van der Waals surface area contributed by atoms with Crippen LogP contribution in [0.5, 0.6) is 17.4 Å². The Balaban J connectivity index is 1.91. The van der Waals surface area contributed by atoms with E-state index in [0.717, 1.165) is 0 Å². The van der Waals surface area contributed by atoms with Crippen LogP contribution in [0.25, 0.3) is 16.4 Å². The second-order valence-corrected chi connectivity index (χ2v) is 7.65. The van der Waals surface area contributed by atoms with Crippen molar-refractivity contribution in [3.8, 4) is 33.8 Å². The number of hydrogen-bond acceptors (Lipinski definition) is 6. The van der Waals surface area contributed by atoms with Gasteiger partial charge >= 0.3 is 0 Å². The van der Waals surface area contributed by atoms with Crippen LogP contribution in [-0.4, -0.2) is 32.2 Å². The smallest absolute Gasteiger partial charge is 0.242 e. The summed E-state index contributed by atoms with van der Waals surface area (Å²) in [5.41, 5.74) is 1.25. The third-order valence-corrected chi connectivity index (χ3v) is 5.51. The zero-order valence-corrected chi connectivity index (χ0v) is 17.4. The summed E-state index contributed by atoms with van der Waals surface area (Å²) in [5.74, 6) is -0.760. The molecule has 2 aromatic carbocycles. The van der Waals surface area contributed by atoms with Gasteiger partial charge < -0.3 is 14.9 Å². The largest absolute Gasteiger partial charge is 0.503 e. The van der Waals surface area contributed by atoms with Gasteiger partial charge in [-0.05, 0) is 48.9 Å². The van der Waals surface area contributed by atoms with E-state index in [1.165, 1.54) is 15.9 Å². The first-order valence-corrected chi connectivity index (χ1v) is 10.4. The summed E-state index contributed by atoms with van der Waals surface area (Å²) in [4.78, 5) is 17.6. The topological polar surface area (TPSA) is 84.6 Å². The quantitative estimate of drug-likeness (QED) is 0.398. The van der Waals surface area contributed by atoms with Crippen molar-refractivity contribution in [3.63, 3.8) is 0 Å². The normalized spacial score (nSPS) is 10.9. The van der Waals surface area contributed by atoms with Crippen LogP contribution in [0.2, 0.25) is 5.02 Å². The molecule has 0 bridgehead atoms.